The number of nitrogens with one attached hydrogen (secondary N) is 1. The van der Waals surface area contributed by atoms with E-state index in [9.17, 15) is 8.42 Å². The van der Waals surface area contributed by atoms with Crippen molar-refractivity contribution in [3.8, 4) is 5.75 Å². The maximum Gasteiger partial charge on any atom is 0.178 e. The minimum atomic E-state index is -3.12. The van der Waals surface area contributed by atoms with Gasteiger partial charge in [-0.15, -0.1) is 0 Å². The standard InChI is InChI=1S/C13H19NO3S/c1-2-9-18(15,16)13-5-3-11(4-6-13)17-12-7-8-14-10-12/h3-6,12,14H,2,7-10H2,1H3. The van der Waals surface area contributed by atoms with Crippen LogP contribution in [0.25, 0.3) is 0 Å². The van der Waals surface area contributed by atoms with Gasteiger partial charge in [-0.3, -0.25) is 0 Å². The van der Waals surface area contributed by atoms with Gasteiger partial charge in [-0.25, -0.2) is 8.42 Å². The summed E-state index contributed by atoms with van der Waals surface area (Å²) < 4.78 is 29.4. The van der Waals surface area contributed by atoms with Crippen LogP contribution < -0.4 is 10.1 Å². The van der Waals surface area contributed by atoms with Crippen molar-refractivity contribution in [3.05, 3.63) is 24.3 Å². The van der Waals surface area contributed by atoms with Gasteiger partial charge in [0.1, 0.15) is 11.9 Å². The summed E-state index contributed by atoms with van der Waals surface area (Å²) in [5.74, 6) is 0.930. The molecule has 5 heteroatoms. The second kappa shape index (κ2) is 5.71. The van der Waals surface area contributed by atoms with Crippen LogP contribution in [0.2, 0.25) is 0 Å². The lowest BCUT2D eigenvalue weighted by Gasteiger charge is -2.12. The van der Waals surface area contributed by atoms with Gasteiger partial charge in [0.2, 0.25) is 0 Å². The fourth-order valence-electron chi connectivity index (χ4n) is 2.03. The van der Waals surface area contributed by atoms with Crippen LogP contribution in [0.4, 0.5) is 0 Å². The summed E-state index contributed by atoms with van der Waals surface area (Å²) in [6.45, 7) is 3.70. The van der Waals surface area contributed by atoms with Crippen molar-refractivity contribution >= 4 is 9.84 Å². The van der Waals surface area contributed by atoms with Gasteiger partial charge in [-0.1, -0.05) is 6.92 Å². The fraction of sp³-hybridized carbons (Fsp3) is 0.538. The van der Waals surface area contributed by atoms with Crippen molar-refractivity contribution in [1.29, 1.82) is 0 Å². The highest BCUT2D eigenvalue weighted by Gasteiger charge is 2.17. The van der Waals surface area contributed by atoms with Crippen LogP contribution in [0.1, 0.15) is 19.8 Å². The Morgan fingerprint density at radius 3 is 2.61 bits per heavy atom. The summed E-state index contributed by atoms with van der Waals surface area (Å²) in [6, 6.07) is 6.73. The number of sulfone groups is 1. The summed E-state index contributed by atoms with van der Waals surface area (Å²) in [5.41, 5.74) is 0. The molecule has 1 fully saturated rings. The first-order valence-electron chi connectivity index (χ1n) is 6.32. The number of hydrogen-bond acceptors (Lipinski definition) is 4. The van der Waals surface area contributed by atoms with Crippen molar-refractivity contribution in [2.45, 2.75) is 30.8 Å². The molecule has 0 aromatic heterocycles. The number of hydrogen-bond donors (Lipinski definition) is 1. The zero-order valence-electron chi connectivity index (χ0n) is 10.6. The lowest BCUT2D eigenvalue weighted by atomic mass is 10.3. The van der Waals surface area contributed by atoms with E-state index in [-0.39, 0.29) is 11.9 Å². The number of benzene rings is 1. The van der Waals surface area contributed by atoms with Gasteiger partial charge in [0, 0.05) is 6.54 Å². The Morgan fingerprint density at radius 2 is 2.06 bits per heavy atom. The van der Waals surface area contributed by atoms with Crippen LogP contribution >= 0.6 is 0 Å². The summed E-state index contributed by atoms with van der Waals surface area (Å²) in [5, 5.41) is 3.22. The second-order valence-electron chi connectivity index (χ2n) is 4.52. The van der Waals surface area contributed by atoms with E-state index >= 15 is 0 Å². The predicted molar refractivity (Wildman–Crippen MR) is 70.7 cm³/mol. The predicted octanol–water partition coefficient (Wildman–Crippen LogP) is 1.61. The molecule has 4 nitrogen and oxygen atoms in total. The van der Waals surface area contributed by atoms with E-state index in [4.69, 9.17) is 4.74 Å². The third-order valence-corrected chi connectivity index (χ3v) is 4.91. The van der Waals surface area contributed by atoms with Crippen LogP contribution in [0.3, 0.4) is 0 Å². The smallest absolute Gasteiger partial charge is 0.178 e. The van der Waals surface area contributed by atoms with Crippen LogP contribution in [-0.4, -0.2) is 33.4 Å². The zero-order valence-corrected chi connectivity index (χ0v) is 11.4. The third-order valence-electron chi connectivity index (χ3n) is 2.97. The first-order valence-corrected chi connectivity index (χ1v) is 7.97. The average molecular weight is 269 g/mol. The molecule has 0 amide bonds. The minimum Gasteiger partial charge on any atom is -0.489 e. The van der Waals surface area contributed by atoms with Gasteiger partial charge in [-0.05, 0) is 43.7 Å². The molecule has 0 saturated carbocycles. The summed E-state index contributed by atoms with van der Waals surface area (Å²) in [6.07, 6.45) is 1.83. The Balaban J connectivity index is 2.05. The van der Waals surface area contributed by atoms with E-state index in [0.717, 1.165) is 25.3 Å². The molecule has 18 heavy (non-hydrogen) atoms. The first kappa shape index (κ1) is 13.4. The van der Waals surface area contributed by atoms with Crippen LogP contribution in [0.5, 0.6) is 5.75 Å². The molecule has 1 aromatic rings. The van der Waals surface area contributed by atoms with Crippen molar-refractivity contribution in [3.63, 3.8) is 0 Å². The van der Waals surface area contributed by atoms with Gasteiger partial charge in [-0.2, -0.15) is 0 Å². The molecule has 1 aliphatic rings. The van der Waals surface area contributed by atoms with Crippen molar-refractivity contribution in [2.75, 3.05) is 18.8 Å². The molecule has 0 radical (unpaired) electrons. The maximum absolute atomic E-state index is 11.8. The second-order valence-corrected chi connectivity index (χ2v) is 6.63. The molecule has 1 saturated heterocycles. The molecular formula is C13H19NO3S. The SMILES string of the molecule is CCCS(=O)(=O)c1ccc(OC2CCNC2)cc1. The minimum absolute atomic E-state index is 0.194. The van der Waals surface area contributed by atoms with Crippen molar-refractivity contribution in [1.82, 2.24) is 5.32 Å². The van der Waals surface area contributed by atoms with Crippen molar-refractivity contribution in [2.24, 2.45) is 0 Å². The molecule has 100 valence electrons. The topological polar surface area (TPSA) is 55.4 Å². The molecular weight excluding hydrogens is 250 g/mol. The average Bonchev–Trinajstić information content (AvgIpc) is 2.82. The lowest BCUT2D eigenvalue weighted by molar-refractivity contribution is 0.223. The van der Waals surface area contributed by atoms with E-state index in [0.29, 0.717) is 11.3 Å². The normalized spacial score (nSPS) is 19.9. The van der Waals surface area contributed by atoms with E-state index < -0.39 is 9.84 Å². The summed E-state index contributed by atoms with van der Waals surface area (Å²) in [7, 11) is -3.12. The van der Waals surface area contributed by atoms with Gasteiger partial charge in [0.05, 0.1) is 10.6 Å². The highest BCUT2D eigenvalue weighted by atomic mass is 32.2. The summed E-state index contributed by atoms with van der Waals surface area (Å²) in [4.78, 5) is 0.376. The Hall–Kier alpha value is -1.07. The molecule has 0 spiro atoms. The van der Waals surface area contributed by atoms with E-state index in [1.807, 2.05) is 6.92 Å². The van der Waals surface area contributed by atoms with Gasteiger partial charge in [0.15, 0.2) is 9.84 Å². The third kappa shape index (κ3) is 3.23. The van der Waals surface area contributed by atoms with Crippen LogP contribution in [-0.2, 0) is 9.84 Å². The van der Waals surface area contributed by atoms with E-state index in [1.165, 1.54) is 0 Å². The molecule has 1 heterocycles. The monoisotopic (exact) mass is 269 g/mol. The molecule has 1 atom stereocenters. The summed E-state index contributed by atoms with van der Waals surface area (Å²) >= 11 is 0. The fourth-order valence-corrected chi connectivity index (χ4v) is 3.36. The molecule has 0 aliphatic carbocycles. The van der Waals surface area contributed by atoms with E-state index in [2.05, 4.69) is 5.32 Å². The Bertz CT molecular complexity index is 475. The quantitative estimate of drug-likeness (QED) is 0.882. The first-order chi connectivity index (χ1) is 8.62. The highest BCUT2D eigenvalue weighted by Crippen LogP contribution is 2.19. The maximum atomic E-state index is 11.8. The Morgan fingerprint density at radius 1 is 1.33 bits per heavy atom. The number of ether oxygens (including phenoxy) is 1. The molecule has 1 unspecified atom stereocenters. The Labute approximate surface area is 108 Å². The van der Waals surface area contributed by atoms with Crippen LogP contribution in [0.15, 0.2) is 29.2 Å². The van der Waals surface area contributed by atoms with Gasteiger partial charge < -0.3 is 10.1 Å². The van der Waals surface area contributed by atoms with Gasteiger partial charge in [0.25, 0.3) is 0 Å². The molecule has 1 aliphatic heterocycles. The van der Waals surface area contributed by atoms with Gasteiger partial charge >= 0.3 is 0 Å². The Kier molecular flexibility index (Phi) is 4.24. The molecule has 1 N–H and O–H groups in total. The largest absolute Gasteiger partial charge is 0.489 e. The van der Waals surface area contributed by atoms with E-state index in [1.54, 1.807) is 24.3 Å². The van der Waals surface area contributed by atoms with Crippen molar-refractivity contribution < 1.29 is 13.2 Å². The molecule has 1 aromatic carbocycles. The molecule has 0 bridgehead atoms. The lowest BCUT2D eigenvalue weighted by Crippen LogP contribution is -2.19. The number of rotatable bonds is 5. The van der Waals surface area contributed by atoms with Crippen LogP contribution in [0, 0.1) is 0 Å². The zero-order chi connectivity index (χ0) is 13.0. The highest BCUT2D eigenvalue weighted by molar-refractivity contribution is 7.91. The molecule has 2 rings (SSSR count).